The Morgan fingerprint density at radius 1 is 1.00 bits per heavy atom. The number of fused-ring (bicyclic) bond motifs is 2. The van der Waals surface area contributed by atoms with Crippen LogP contribution in [0.1, 0.15) is 59.1 Å². The minimum atomic E-state index is -0.636. The topological polar surface area (TPSA) is 59.8 Å². The molecule has 0 spiro atoms. The second-order valence-corrected chi connectivity index (χ2v) is 10.7. The van der Waals surface area contributed by atoms with Crippen molar-refractivity contribution in [2.75, 3.05) is 11.5 Å². The Balaban J connectivity index is 1.70. The lowest BCUT2D eigenvalue weighted by Crippen LogP contribution is -2.29. The van der Waals surface area contributed by atoms with E-state index in [1.807, 2.05) is 56.3 Å². The number of carbonyl (C=O) groups excluding carboxylic acids is 1. The number of hydrogen-bond acceptors (Lipinski definition) is 4. The number of benzene rings is 3. The molecule has 3 aromatic carbocycles. The standard InChI is InChI=1S/C30H28BrNO4/c1-17(2)12-13-35-23-7-5-6-20(15-23)27-26-28(33)24-16-21(31)9-11-25(24)36-29(26)30(34)32(27)22-10-8-18(3)19(4)14-22/h5-11,14-17,27H,12-13H2,1-4H3. The molecule has 0 saturated heterocycles. The van der Waals surface area contributed by atoms with Gasteiger partial charge in [0, 0.05) is 10.2 Å². The molecule has 2 heterocycles. The summed E-state index contributed by atoms with van der Waals surface area (Å²) in [4.78, 5) is 29.3. The van der Waals surface area contributed by atoms with Gasteiger partial charge in [-0.2, -0.15) is 0 Å². The van der Waals surface area contributed by atoms with Crippen LogP contribution in [0.25, 0.3) is 11.0 Å². The predicted molar refractivity (Wildman–Crippen MR) is 146 cm³/mol. The van der Waals surface area contributed by atoms with Gasteiger partial charge in [0.25, 0.3) is 5.91 Å². The zero-order valence-electron chi connectivity index (χ0n) is 20.8. The van der Waals surface area contributed by atoms with Gasteiger partial charge in [0.1, 0.15) is 11.3 Å². The molecule has 1 atom stereocenters. The molecule has 0 radical (unpaired) electrons. The van der Waals surface area contributed by atoms with Crippen molar-refractivity contribution in [1.82, 2.24) is 0 Å². The fourth-order valence-corrected chi connectivity index (χ4v) is 4.95. The summed E-state index contributed by atoms with van der Waals surface area (Å²) in [5.41, 5.74) is 4.24. The fraction of sp³-hybridized carbons (Fsp3) is 0.267. The molecule has 5 nitrogen and oxygen atoms in total. The van der Waals surface area contributed by atoms with Crippen LogP contribution in [0.4, 0.5) is 5.69 Å². The Labute approximate surface area is 218 Å². The minimum absolute atomic E-state index is 0.0872. The number of halogens is 1. The number of rotatable bonds is 6. The van der Waals surface area contributed by atoms with Crippen LogP contribution in [0.15, 0.2) is 74.3 Å². The van der Waals surface area contributed by atoms with Crippen LogP contribution in [0, 0.1) is 19.8 Å². The summed E-state index contributed by atoms with van der Waals surface area (Å²) >= 11 is 3.45. The number of anilines is 1. The highest BCUT2D eigenvalue weighted by Crippen LogP contribution is 2.42. The molecule has 184 valence electrons. The Kier molecular flexibility index (Phi) is 6.47. The van der Waals surface area contributed by atoms with Gasteiger partial charge in [0.15, 0.2) is 5.43 Å². The molecule has 5 rings (SSSR count). The molecule has 0 aliphatic carbocycles. The molecule has 0 N–H and O–H groups in total. The number of ether oxygens (including phenoxy) is 1. The first-order chi connectivity index (χ1) is 17.2. The quantitative estimate of drug-likeness (QED) is 0.254. The summed E-state index contributed by atoms with van der Waals surface area (Å²) in [6, 6.07) is 18.2. The van der Waals surface area contributed by atoms with Crippen LogP contribution in [0.3, 0.4) is 0 Å². The van der Waals surface area contributed by atoms with E-state index in [0.29, 0.717) is 34.8 Å². The molecule has 1 aromatic heterocycles. The van der Waals surface area contributed by atoms with E-state index in [0.717, 1.165) is 33.3 Å². The van der Waals surface area contributed by atoms with Crippen molar-refractivity contribution in [3.63, 3.8) is 0 Å². The molecule has 6 heteroatoms. The molecule has 1 unspecified atom stereocenters. The van der Waals surface area contributed by atoms with Gasteiger partial charge in [-0.05, 0) is 85.3 Å². The van der Waals surface area contributed by atoms with Crippen molar-refractivity contribution in [1.29, 1.82) is 0 Å². The van der Waals surface area contributed by atoms with E-state index in [2.05, 4.69) is 29.8 Å². The molecule has 0 saturated carbocycles. The monoisotopic (exact) mass is 545 g/mol. The number of amides is 1. The first kappa shape index (κ1) is 24.3. The highest BCUT2D eigenvalue weighted by atomic mass is 79.9. The Bertz CT molecular complexity index is 1540. The van der Waals surface area contributed by atoms with E-state index in [1.54, 1.807) is 23.1 Å². The summed E-state index contributed by atoms with van der Waals surface area (Å²) in [6.07, 6.45) is 0.939. The largest absolute Gasteiger partial charge is 0.494 e. The predicted octanol–water partition coefficient (Wildman–Crippen LogP) is 7.35. The van der Waals surface area contributed by atoms with Crippen LogP contribution in [-0.4, -0.2) is 12.5 Å². The number of aryl methyl sites for hydroxylation is 2. The number of carbonyl (C=O) groups is 1. The second-order valence-electron chi connectivity index (χ2n) is 9.76. The molecule has 4 aromatic rings. The van der Waals surface area contributed by atoms with Crippen molar-refractivity contribution < 1.29 is 13.9 Å². The summed E-state index contributed by atoms with van der Waals surface area (Å²) in [7, 11) is 0. The highest BCUT2D eigenvalue weighted by Gasteiger charge is 2.43. The average Bonchev–Trinajstić information content (AvgIpc) is 3.14. The second kappa shape index (κ2) is 9.58. The molecular weight excluding hydrogens is 518 g/mol. The van der Waals surface area contributed by atoms with Gasteiger partial charge in [0.05, 0.1) is 23.6 Å². The first-order valence-electron chi connectivity index (χ1n) is 12.1. The maximum absolute atomic E-state index is 13.8. The third-order valence-corrected chi connectivity index (χ3v) is 7.23. The van der Waals surface area contributed by atoms with Gasteiger partial charge >= 0.3 is 0 Å². The third kappa shape index (κ3) is 4.35. The van der Waals surface area contributed by atoms with E-state index < -0.39 is 6.04 Å². The zero-order chi connectivity index (χ0) is 25.6. The summed E-state index contributed by atoms with van der Waals surface area (Å²) in [5.74, 6) is 1.00. The Hall–Kier alpha value is -3.38. The number of nitrogens with zero attached hydrogens (tertiary/aromatic N) is 1. The normalized spacial score (nSPS) is 15.1. The maximum atomic E-state index is 13.8. The molecule has 1 aliphatic rings. The van der Waals surface area contributed by atoms with Gasteiger partial charge in [-0.1, -0.05) is 48.0 Å². The van der Waals surface area contributed by atoms with Crippen LogP contribution in [-0.2, 0) is 0 Å². The summed E-state index contributed by atoms with van der Waals surface area (Å²) < 4.78 is 12.9. The molecular formula is C30H28BrNO4. The molecule has 0 fully saturated rings. The molecule has 36 heavy (non-hydrogen) atoms. The van der Waals surface area contributed by atoms with Crippen molar-refractivity contribution in [2.24, 2.45) is 5.92 Å². The van der Waals surface area contributed by atoms with Gasteiger partial charge in [-0.25, -0.2) is 0 Å². The van der Waals surface area contributed by atoms with Crippen LogP contribution >= 0.6 is 15.9 Å². The minimum Gasteiger partial charge on any atom is -0.494 e. The van der Waals surface area contributed by atoms with Gasteiger partial charge in [0.2, 0.25) is 5.76 Å². The smallest absolute Gasteiger partial charge is 0.295 e. The Morgan fingerprint density at radius 2 is 1.81 bits per heavy atom. The highest BCUT2D eigenvalue weighted by molar-refractivity contribution is 9.10. The van der Waals surface area contributed by atoms with Crippen molar-refractivity contribution in [3.8, 4) is 5.75 Å². The van der Waals surface area contributed by atoms with Crippen LogP contribution in [0.5, 0.6) is 5.75 Å². The van der Waals surface area contributed by atoms with Gasteiger partial charge in [-0.3, -0.25) is 14.5 Å². The first-order valence-corrected chi connectivity index (χ1v) is 12.9. The van der Waals surface area contributed by atoms with Crippen LogP contribution < -0.4 is 15.1 Å². The van der Waals surface area contributed by atoms with E-state index >= 15 is 0 Å². The third-order valence-electron chi connectivity index (χ3n) is 6.74. The molecule has 0 bridgehead atoms. The lowest BCUT2D eigenvalue weighted by atomic mass is 9.97. The average molecular weight is 546 g/mol. The van der Waals surface area contributed by atoms with Gasteiger partial charge < -0.3 is 9.15 Å². The zero-order valence-corrected chi connectivity index (χ0v) is 22.4. The lowest BCUT2D eigenvalue weighted by molar-refractivity contribution is 0.0971. The SMILES string of the molecule is Cc1ccc(N2C(=O)c3oc4ccc(Br)cc4c(=O)c3C2c2cccc(OCCC(C)C)c2)cc1C. The fourth-order valence-electron chi connectivity index (χ4n) is 4.59. The lowest BCUT2D eigenvalue weighted by Gasteiger charge is -2.26. The summed E-state index contributed by atoms with van der Waals surface area (Å²) in [6.45, 7) is 8.96. The van der Waals surface area contributed by atoms with E-state index in [1.165, 1.54) is 0 Å². The van der Waals surface area contributed by atoms with E-state index in [4.69, 9.17) is 9.15 Å². The van der Waals surface area contributed by atoms with E-state index in [-0.39, 0.29) is 17.1 Å². The molecule has 1 aliphatic heterocycles. The van der Waals surface area contributed by atoms with Crippen molar-refractivity contribution in [3.05, 3.63) is 103 Å². The van der Waals surface area contributed by atoms with E-state index in [9.17, 15) is 9.59 Å². The van der Waals surface area contributed by atoms with Crippen molar-refractivity contribution >= 4 is 38.5 Å². The Morgan fingerprint density at radius 3 is 2.56 bits per heavy atom. The number of hydrogen-bond donors (Lipinski definition) is 0. The van der Waals surface area contributed by atoms with Crippen molar-refractivity contribution in [2.45, 2.75) is 40.2 Å². The molecule has 1 amide bonds. The maximum Gasteiger partial charge on any atom is 0.295 e. The summed E-state index contributed by atoms with van der Waals surface area (Å²) in [5, 5.41) is 0.437. The van der Waals surface area contributed by atoms with Gasteiger partial charge in [-0.15, -0.1) is 0 Å². The van der Waals surface area contributed by atoms with Crippen LogP contribution in [0.2, 0.25) is 0 Å².